The van der Waals surface area contributed by atoms with Gasteiger partial charge >= 0.3 is 6.09 Å². The summed E-state index contributed by atoms with van der Waals surface area (Å²) in [5.74, 6) is 0.165. The smallest absolute Gasteiger partial charge is 0.414 e. The van der Waals surface area contributed by atoms with Crippen LogP contribution < -0.4 is 15.1 Å². The lowest BCUT2D eigenvalue weighted by Gasteiger charge is -2.26. The lowest BCUT2D eigenvalue weighted by molar-refractivity contribution is -0.116. The third-order valence-electron chi connectivity index (χ3n) is 4.81. The van der Waals surface area contributed by atoms with Crippen molar-refractivity contribution in [2.24, 2.45) is 0 Å². The molecule has 3 amide bonds. The van der Waals surface area contributed by atoms with Gasteiger partial charge in [-0.25, -0.2) is 4.79 Å². The molecular weight excluding hydrogens is 414 g/mol. The Hall–Kier alpha value is -2.71. The first-order chi connectivity index (χ1) is 13.9. The maximum atomic E-state index is 12.3. The second kappa shape index (κ2) is 7.96. The molecule has 1 atom stereocenters. The number of carbonyl (C=O) groups excluding carboxylic acids is 3. The zero-order chi connectivity index (χ0) is 20.5. The third-order valence-corrected chi connectivity index (χ3v) is 6.09. The summed E-state index contributed by atoms with van der Waals surface area (Å²) in [7, 11) is 1.74. The number of benzene rings is 2. The summed E-state index contributed by atoms with van der Waals surface area (Å²) in [5.41, 5.74) is 2.02. The van der Waals surface area contributed by atoms with Crippen LogP contribution in [-0.4, -0.2) is 49.9 Å². The zero-order valence-corrected chi connectivity index (χ0v) is 17.1. The van der Waals surface area contributed by atoms with Gasteiger partial charge in [0, 0.05) is 28.2 Å². The van der Waals surface area contributed by atoms with E-state index in [4.69, 9.17) is 16.3 Å². The van der Waals surface area contributed by atoms with Crippen molar-refractivity contribution in [1.29, 1.82) is 0 Å². The van der Waals surface area contributed by atoms with E-state index in [1.807, 2.05) is 12.1 Å². The molecule has 0 aromatic heterocycles. The first-order valence-corrected chi connectivity index (χ1v) is 10.3. The summed E-state index contributed by atoms with van der Waals surface area (Å²) in [6.07, 6.45) is -0.910. The molecule has 0 aliphatic carbocycles. The average molecular weight is 432 g/mol. The van der Waals surface area contributed by atoms with E-state index in [0.29, 0.717) is 28.6 Å². The normalized spacial score (nSPS) is 18.5. The Morgan fingerprint density at radius 3 is 2.76 bits per heavy atom. The lowest BCUT2D eigenvalue weighted by Crippen LogP contribution is -2.34. The van der Waals surface area contributed by atoms with Crippen LogP contribution in [0.5, 0.6) is 0 Å². The fraction of sp³-hybridized carbons (Fsp3) is 0.250. The van der Waals surface area contributed by atoms with Crippen LogP contribution in [-0.2, 0) is 9.53 Å². The lowest BCUT2D eigenvalue weighted by atomic mass is 10.2. The quantitative estimate of drug-likeness (QED) is 0.804. The Bertz CT molecular complexity index is 982. The second-order valence-corrected chi connectivity index (χ2v) is 8.18. The summed E-state index contributed by atoms with van der Waals surface area (Å²) in [6, 6.07) is 12.1. The van der Waals surface area contributed by atoms with E-state index in [2.05, 4.69) is 5.32 Å². The average Bonchev–Trinajstić information content (AvgIpc) is 3.10. The molecule has 1 fully saturated rings. The number of rotatable bonds is 4. The van der Waals surface area contributed by atoms with Gasteiger partial charge in [0.1, 0.15) is 6.10 Å². The molecule has 0 saturated carbocycles. The molecule has 150 valence electrons. The molecule has 9 heteroatoms. The van der Waals surface area contributed by atoms with Gasteiger partial charge in [-0.1, -0.05) is 11.6 Å². The van der Waals surface area contributed by atoms with Crippen LogP contribution in [0.15, 0.2) is 47.4 Å². The van der Waals surface area contributed by atoms with Crippen molar-refractivity contribution in [3.63, 3.8) is 0 Å². The van der Waals surface area contributed by atoms with Gasteiger partial charge in [0.2, 0.25) is 5.91 Å². The number of halogens is 1. The van der Waals surface area contributed by atoms with Gasteiger partial charge in [-0.3, -0.25) is 14.5 Å². The molecule has 2 heterocycles. The van der Waals surface area contributed by atoms with Crippen LogP contribution in [0.4, 0.5) is 16.2 Å². The highest BCUT2D eigenvalue weighted by atomic mass is 35.5. The highest BCUT2D eigenvalue weighted by molar-refractivity contribution is 8.00. The summed E-state index contributed by atoms with van der Waals surface area (Å²) in [4.78, 5) is 40.5. The topological polar surface area (TPSA) is 79.0 Å². The van der Waals surface area contributed by atoms with Crippen molar-refractivity contribution in [1.82, 2.24) is 5.32 Å². The second-order valence-electron chi connectivity index (χ2n) is 6.73. The SMILES string of the molecule is CN1C(=O)CSc2cc(N3C[C@H](CNC(=O)c4ccc(Cl)cc4)OC3=O)ccc21. The maximum Gasteiger partial charge on any atom is 0.414 e. The van der Waals surface area contributed by atoms with Crippen molar-refractivity contribution in [2.75, 3.05) is 35.7 Å². The number of amides is 3. The van der Waals surface area contributed by atoms with Crippen molar-refractivity contribution >= 4 is 52.6 Å². The Labute approximate surface area is 176 Å². The molecule has 29 heavy (non-hydrogen) atoms. The van der Waals surface area contributed by atoms with Crippen LogP contribution in [0.3, 0.4) is 0 Å². The minimum Gasteiger partial charge on any atom is -0.442 e. The first kappa shape index (κ1) is 19.6. The number of carbonyl (C=O) groups is 3. The van der Waals surface area contributed by atoms with Gasteiger partial charge < -0.3 is 15.0 Å². The Morgan fingerprint density at radius 1 is 1.24 bits per heavy atom. The van der Waals surface area contributed by atoms with Gasteiger partial charge in [0.15, 0.2) is 0 Å². The van der Waals surface area contributed by atoms with Crippen LogP contribution in [0.2, 0.25) is 5.02 Å². The minimum absolute atomic E-state index is 0.0484. The number of hydrogen-bond donors (Lipinski definition) is 1. The molecule has 0 bridgehead atoms. The third kappa shape index (κ3) is 4.04. The van der Waals surface area contributed by atoms with E-state index in [9.17, 15) is 14.4 Å². The van der Waals surface area contributed by atoms with Gasteiger partial charge in [0.25, 0.3) is 5.91 Å². The first-order valence-electron chi connectivity index (χ1n) is 8.97. The number of hydrogen-bond acceptors (Lipinski definition) is 5. The van der Waals surface area contributed by atoms with Crippen LogP contribution >= 0.6 is 23.4 Å². The van der Waals surface area contributed by atoms with E-state index < -0.39 is 12.2 Å². The summed E-state index contributed by atoms with van der Waals surface area (Å²) >= 11 is 7.28. The molecule has 2 aromatic rings. The van der Waals surface area contributed by atoms with Gasteiger partial charge in [-0.2, -0.15) is 0 Å². The van der Waals surface area contributed by atoms with Crippen molar-refractivity contribution in [2.45, 2.75) is 11.0 Å². The molecule has 1 N–H and O–H groups in total. The molecule has 0 radical (unpaired) electrons. The predicted molar refractivity (Wildman–Crippen MR) is 112 cm³/mol. The summed E-state index contributed by atoms with van der Waals surface area (Å²) in [5, 5.41) is 3.34. The van der Waals surface area contributed by atoms with Gasteiger partial charge in [0.05, 0.1) is 24.5 Å². The zero-order valence-electron chi connectivity index (χ0n) is 15.6. The Balaban J connectivity index is 1.40. The maximum absolute atomic E-state index is 12.3. The number of nitrogens with zero attached hydrogens (tertiary/aromatic N) is 2. The Morgan fingerprint density at radius 2 is 2.00 bits per heavy atom. The molecule has 7 nitrogen and oxygen atoms in total. The molecule has 2 aliphatic rings. The summed E-state index contributed by atoms with van der Waals surface area (Å²) in [6.45, 7) is 0.540. The molecule has 2 aromatic carbocycles. The molecule has 2 aliphatic heterocycles. The van der Waals surface area contributed by atoms with Crippen molar-refractivity contribution in [3.05, 3.63) is 53.1 Å². The molecule has 0 unspecified atom stereocenters. The van der Waals surface area contributed by atoms with Crippen molar-refractivity contribution < 1.29 is 19.1 Å². The predicted octanol–water partition coefficient (Wildman–Crippen LogP) is 3.16. The number of cyclic esters (lactones) is 1. The molecule has 4 rings (SSSR count). The fourth-order valence-electron chi connectivity index (χ4n) is 3.18. The molecule has 0 spiro atoms. The largest absolute Gasteiger partial charge is 0.442 e. The van der Waals surface area contributed by atoms with Crippen LogP contribution in [0, 0.1) is 0 Å². The van der Waals surface area contributed by atoms with E-state index in [1.54, 1.807) is 42.3 Å². The Kier molecular flexibility index (Phi) is 5.38. The van der Waals surface area contributed by atoms with Crippen LogP contribution in [0.1, 0.15) is 10.4 Å². The van der Waals surface area contributed by atoms with Crippen LogP contribution in [0.25, 0.3) is 0 Å². The van der Waals surface area contributed by atoms with Gasteiger partial charge in [-0.05, 0) is 42.5 Å². The number of fused-ring (bicyclic) bond motifs is 1. The highest BCUT2D eigenvalue weighted by Crippen LogP contribution is 2.38. The van der Waals surface area contributed by atoms with Crippen molar-refractivity contribution in [3.8, 4) is 0 Å². The number of anilines is 2. The molecule has 1 saturated heterocycles. The standard InChI is InChI=1S/C20H18ClN3O4S/c1-23-16-7-6-14(8-17(16)29-11-18(23)25)24-10-15(28-20(24)27)9-22-19(26)12-2-4-13(21)5-3-12/h2-8,15H,9-11H2,1H3,(H,22,26)/t15-/m0/s1. The van der Waals surface area contributed by atoms with E-state index in [-0.39, 0.29) is 18.4 Å². The van der Waals surface area contributed by atoms with Gasteiger partial charge in [-0.15, -0.1) is 11.8 Å². The number of ether oxygens (including phenoxy) is 1. The number of nitrogens with one attached hydrogen (secondary N) is 1. The van der Waals surface area contributed by atoms with E-state index in [1.165, 1.54) is 16.7 Å². The fourth-order valence-corrected chi connectivity index (χ4v) is 4.34. The monoisotopic (exact) mass is 431 g/mol. The molecular formula is C20H18ClN3O4S. The van der Waals surface area contributed by atoms with E-state index in [0.717, 1.165) is 10.6 Å². The minimum atomic E-state index is -0.457. The summed E-state index contributed by atoms with van der Waals surface area (Å²) < 4.78 is 5.40. The van der Waals surface area contributed by atoms with E-state index >= 15 is 0 Å². The number of thioether (sulfide) groups is 1. The highest BCUT2D eigenvalue weighted by Gasteiger charge is 2.33.